The third kappa shape index (κ3) is 13.7. The van der Waals surface area contributed by atoms with E-state index in [1.165, 1.54) is 63.4 Å². The van der Waals surface area contributed by atoms with Crippen LogP contribution in [0.5, 0.6) is 0 Å². The average molecular weight is 529 g/mol. The minimum Gasteiger partial charge on any atom is -0.367 e. The Bertz CT molecular complexity index is 705. The fourth-order valence-corrected chi connectivity index (χ4v) is 6.09. The molecule has 0 amide bonds. The topological polar surface area (TPSA) is 66.5 Å². The molecule has 0 saturated carbocycles. The lowest BCUT2D eigenvalue weighted by molar-refractivity contribution is -0.939. The maximum absolute atomic E-state index is 13.3. The van der Waals surface area contributed by atoms with Crippen LogP contribution in [0.25, 0.3) is 0 Å². The summed E-state index contributed by atoms with van der Waals surface area (Å²) in [5.74, 6) is 0. The van der Waals surface area contributed by atoms with Gasteiger partial charge in [0.05, 0.1) is 32.9 Å². The van der Waals surface area contributed by atoms with Crippen LogP contribution >= 0.6 is 7.60 Å². The molecule has 1 fully saturated rings. The quantitative estimate of drug-likeness (QED) is 0.0347. The van der Waals surface area contributed by atoms with Gasteiger partial charge in [-0.15, -0.1) is 9.35 Å². The van der Waals surface area contributed by atoms with E-state index in [2.05, 4.69) is 31.2 Å². The van der Waals surface area contributed by atoms with Gasteiger partial charge in [0.25, 0.3) is 0 Å². The highest BCUT2D eigenvalue weighted by atomic mass is 31.2. The number of rotatable bonds is 24. The van der Waals surface area contributed by atoms with E-state index in [0.29, 0.717) is 6.54 Å². The first-order chi connectivity index (χ1) is 17.5. The Morgan fingerprint density at radius 2 is 1.39 bits per heavy atom. The van der Waals surface area contributed by atoms with E-state index >= 15 is 0 Å². The first-order valence-corrected chi connectivity index (χ1v) is 16.0. The summed E-state index contributed by atoms with van der Waals surface area (Å²) in [4.78, 5) is 10.1. The van der Waals surface area contributed by atoms with Crippen molar-refractivity contribution in [1.29, 1.82) is 0 Å². The molecule has 1 aliphatic rings. The standard InChI is InChI=1S/C28H51NO6P/c1-4-7-8-9-10-11-12-13-14-18-21-29(25-28-26-31-28,24-27-19-16-15-17-20-27)22-23-36(30,34-32-5-2)35-33-6-3/h15-17,19-20,28H,4-14,18,21-26H2,1-3H3/q+1. The van der Waals surface area contributed by atoms with Crippen LogP contribution in [0.15, 0.2) is 30.3 Å². The maximum atomic E-state index is 13.3. The second-order valence-corrected chi connectivity index (χ2v) is 12.0. The van der Waals surface area contributed by atoms with E-state index in [1.807, 2.05) is 6.07 Å². The first-order valence-electron chi connectivity index (χ1n) is 14.3. The van der Waals surface area contributed by atoms with E-state index in [-0.39, 0.29) is 25.5 Å². The predicted octanol–water partition coefficient (Wildman–Crippen LogP) is 7.45. The fraction of sp³-hybridized carbons (Fsp3) is 0.786. The van der Waals surface area contributed by atoms with Gasteiger partial charge < -0.3 is 9.22 Å². The van der Waals surface area contributed by atoms with Gasteiger partial charge in [-0.05, 0) is 26.7 Å². The second-order valence-electron chi connectivity index (χ2n) is 10.0. The van der Waals surface area contributed by atoms with Gasteiger partial charge in [-0.25, -0.2) is 9.78 Å². The zero-order chi connectivity index (χ0) is 26.0. The lowest BCUT2D eigenvalue weighted by atomic mass is 10.1. The summed E-state index contributed by atoms with van der Waals surface area (Å²) in [6.45, 7) is 10.6. The molecule has 36 heavy (non-hydrogen) atoms. The van der Waals surface area contributed by atoms with Gasteiger partial charge in [0.1, 0.15) is 25.4 Å². The highest BCUT2D eigenvalue weighted by Gasteiger charge is 2.40. The molecule has 0 spiro atoms. The number of hydrogen-bond acceptors (Lipinski definition) is 6. The highest BCUT2D eigenvalue weighted by Crippen LogP contribution is 2.49. The summed E-state index contributed by atoms with van der Waals surface area (Å²) in [5, 5.41) is 0. The first kappa shape index (κ1) is 31.4. The van der Waals surface area contributed by atoms with Gasteiger partial charge >= 0.3 is 7.60 Å². The number of epoxide rings is 1. The number of benzene rings is 1. The lowest BCUT2D eigenvalue weighted by Gasteiger charge is -2.39. The van der Waals surface area contributed by atoms with Crippen molar-refractivity contribution in [2.45, 2.75) is 97.6 Å². The summed E-state index contributed by atoms with van der Waals surface area (Å²) in [5.41, 5.74) is 1.27. The normalized spacial score (nSPS) is 17.2. The van der Waals surface area contributed by atoms with Gasteiger partial charge in [-0.2, -0.15) is 0 Å². The number of hydrogen-bond donors (Lipinski definition) is 0. The van der Waals surface area contributed by atoms with E-state index in [1.54, 1.807) is 13.8 Å². The monoisotopic (exact) mass is 528 g/mol. The Hall–Kier alpha value is -0.790. The molecule has 2 unspecified atom stereocenters. The smallest absolute Gasteiger partial charge is 0.367 e. The molecule has 1 aromatic rings. The van der Waals surface area contributed by atoms with Crippen molar-refractivity contribution >= 4 is 7.60 Å². The summed E-state index contributed by atoms with van der Waals surface area (Å²) in [6.07, 6.45) is 13.6. The molecule has 0 N–H and O–H groups in total. The van der Waals surface area contributed by atoms with Crippen molar-refractivity contribution < 1.29 is 32.9 Å². The summed E-state index contributed by atoms with van der Waals surface area (Å²) < 4.78 is 30.2. The molecule has 0 bridgehead atoms. The molecule has 0 radical (unpaired) electrons. The van der Waals surface area contributed by atoms with Crippen LogP contribution in [0.1, 0.15) is 90.5 Å². The number of ether oxygens (including phenoxy) is 1. The van der Waals surface area contributed by atoms with Gasteiger partial charge in [0.2, 0.25) is 0 Å². The molecule has 1 aromatic carbocycles. The minimum absolute atomic E-state index is 0.227. The van der Waals surface area contributed by atoms with Crippen molar-refractivity contribution in [3.8, 4) is 0 Å². The Balaban J connectivity index is 1.98. The third-order valence-corrected chi connectivity index (χ3v) is 8.17. The van der Waals surface area contributed by atoms with Crippen molar-refractivity contribution in [3.63, 3.8) is 0 Å². The molecular formula is C28H51NO6P+. The van der Waals surface area contributed by atoms with Crippen molar-refractivity contribution in [2.24, 2.45) is 0 Å². The molecule has 2 atom stereocenters. The van der Waals surface area contributed by atoms with Crippen LogP contribution in [0.4, 0.5) is 0 Å². The Morgan fingerprint density at radius 3 is 1.92 bits per heavy atom. The fourth-order valence-electron chi connectivity index (χ4n) is 4.72. The molecule has 1 aliphatic heterocycles. The molecule has 1 heterocycles. The van der Waals surface area contributed by atoms with E-state index in [9.17, 15) is 4.57 Å². The number of unbranched alkanes of at least 4 members (excludes halogenated alkanes) is 9. The van der Waals surface area contributed by atoms with Gasteiger partial charge in [0, 0.05) is 5.56 Å². The minimum atomic E-state index is -3.54. The third-order valence-electron chi connectivity index (χ3n) is 6.76. The van der Waals surface area contributed by atoms with E-state index in [4.69, 9.17) is 23.9 Å². The number of quaternary nitrogens is 1. The molecule has 1 saturated heterocycles. The van der Waals surface area contributed by atoms with E-state index in [0.717, 1.165) is 37.1 Å². The van der Waals surface area contributed by atoms with Crippen LogP contribution in [-0.2, 0) is 35.0 Å². The molecule has 0 aliphatic carbocycles. The predicted molar refractivity (Wildman–Crippen MR) is 144 cm³/mol. The molecular weight excluding hydrogens is 477 g/mol. The average Bonchev–Trinajstić information content (AvgIpc) is 3.71. The Morgan fingerprint density at radius 1 is 0.833 bits per heavy atom. The summed E-state index contributed by atoms with van der Waals surface area (Å²) >= 11 is 0. The zero-order valence-electron chi connectivity index (χ0n) is 23.0. The molecule has 2 rings (SSSR count). The molecule has 8 heteroatoms. The van der Waals surface area contributed by atoms with Gasteiger partial charge in [-0.1, -0.05) is 88.6 Å². The second kappa shape index (κ2) is 18.5. The summed E-state index contributed by atoms with van der Waals surface area (Å²) in [6, 6.07) is 10.6. The van der Waals surface area contributed by atoms with Crippen LogP contribution in [0.2, 0.25) is 0 Å². The van der Waals surface area contributed by atoms with Crippen molar-refractivity contribution in [2.75, 3.05) is 45.6 Å². The van der Waals surface area contributed by atoms with Crippen molar-refractivity contribution in [1.82, 2.24) is 0 Å². The summed E-state index contributed by atoms with van der Waals surface area (Å²) in [7, 11) is -3.54. The van der Waals surface area contributed by atoms with Crippen LogP contribution < -0.4 is 0 Å². The van der Waals surface area contributed by atoms with Crippen LogP contribution in [-0.4, -0.2) is 56.2 Å². The largest absolute Gasteiger partial charge is 0.389 e. The Labute approximate surface area is 219 Å². The van der Waals surface area contributed by atoms with Crippen LogP contribution in [0, 0.1) is 0 Å². The Kier molecular flexibility index (Phi) is 16.1. The zero-order valence-corrected chi connectivity index (χ0v) is 23.9. The lowest BCUT2D eigenvalue weighted by Crippen LogP contribution is -2.52. The van der Waals surface area contributed by atoms with Crippen LogP contribution in [0.3, 0.4) is 0 Å². The van der Waals surface area contributed by atoms with Gasteiger partial charge in [-0.3, -0.25) is 4.57 Å². The number of nitrogens with zero attached hydrogens (tertiary/aromatic N) is 1. The molecule has 0 aromatic heterocycles. The van der Waals surface area contributed by atoms with Crippen molar-refractivity contribution in [3.05, 3.63) is 35.9 Å². The highest BCUT2D eigenvalue weighted by molar-refractivity contribution is 7.53. The van der Waals surface area contributed by atoms with E-state index < -0.39 is 7.60 Å². The SMILES string of the molecule is CCCCCCCCCCCC[N+](CCP(=O)(OOCC)OOCC)(Cc1ccccc1)CC1CO1. The van der Waals surface area contributed by atoms with Gasteiger partial charge in [0.15, 0.2) is 0 Å². The molecule has 208 valence electrons. The maximum Gasteiger partial charge on any atom is 0.389 e. The molecule has 7 nitrogen and oxygen atoms in total.